The van der Waals surface area contributed by atoms with Crippen LogP contribution in [0.4, 0.5) is 0 Å². The van der Waals surface area contributed by atoms with E-state index >= 15 is 0 Å². The van der Waals surface area contributed by atoms with E-state index in [2.05, 4.69) is 15.8 Å². The maximum atomic E-state index is 12.9. The Labute approximate surface area is 146 Å². The Hall–Kier alpha value is -2.67. The lowest BCUT2D eigenvalue weighted by atomic mass is 10.00. The van der Waals surface area contributed by atoms with Crippen molar-refractivity contribution in [3.8, 4) is 0 Å². The highest BCUT2D eigenvalue weighted by Crippen LogP contribution is 2.25. The van der Waals surface area contributed by atoms with Gasteiger partial charge < -0.3 is 20.1 Å². The van der Waals surface area contributed by atoms with E-state index in [0.717, 1.165) is 12.1 Å². The summed E-state index contributed by atoms with van der Waals surface area (Å²) in [5, 5.41) is 9.83. The first-order valence-electron chi connectivity index (χ1n) is 8.43. The second-order valence-electron chi connectivity index (χ2n) is 5.96. The van der Waals surface area contributed by atoms with Crippen molar-refractivity contribution in [1.82, 2.24) is 20.7 Å². The maximum absolute atomic E-state index is 12.9. The average Bonchev–Trinajstić information content (AvgIpc) is 3.16. The minimum atomic E-state index is -0.160. The number of amides is 2. The fourth-order valence-corrected chi connectivity index (χ4v) is 3.00. The number of hydrogen-bond donors (Lipinski definition) is 2. The number of nitrogens with zero attached hydrogens (tertiary/aromatic N) is 2. The summed E-state index contributed by atoms with van der Waals surface area (Å²) >= 11 is 0. The van der Waals surface area contributed by atoms with E-state index in [1.54, 1.807) is 24.1 Å². The molecule has 25 heavy (non-hydrogen) atoms. The summed E-state index contributed by atoms with van der Waals surface area (Å²) in [7, 11) is 1.60. The third-order valence-electron chi connectivity index (χ3n) is 4.39. The molecule has 2 heterocycles. The lowest BCUT2D eigenvalue weighted by molar-refractivity contribution is 0.0623. The molecule has 0 bridgehead atoms. The number of rotatable bonds is 4. The van der Waals surface area contributed by atoms with E-state index in [9.17, 15) is 9.59 Å². The van der Waals surface area contributed by atoms with Crippen molar-refractivity contribution in [2.45, 2.75) is 19.4 Å². The van der Waals surface area contributed by atoms with Crippen molar-refractivity contribution in [2.24, 2.45) is 0 Å². The number of carbonyl (C=O) groups excluding carboxylic acids is 2. The van der Waals surface area contributed by atoms with Gasteiger partial charge in [-0.3, -0.25) is 9.59 Å². The molecule has 0 spiro atoms. The van der Waals surface area contributed by atoms with Crippen molar-refractivity contribution >= 4 is 11.8 Å². The normalized spacial score (nSPS) is 17.4. The van der Waals surface area contributed by atoms with Crippen LogP contribution in [0.1, 0.15) is 45.1 Å². The van der Waals surface area contributed by atoms with E-state index in [1.165, 1.54) is 0 Å². The predicted octanol–water partition coefficient (Wildman–Crippen LogP) is 1.38. The van der Waals surface area contributed by atoms with E-state index in [4.69, 9.17) is 4.52 Å². The molecule has 0 radical (unpaired) electrons. The molecule has 1 fully saturated rings. The molecule has 0 saturated carbocycles. The number of hydrogen-bond acceptors (Lipinski definition) is 5. The SMILES string of the molecule is CCc1cc(C(=O)N2CCNCC2c2cccc(C(=O)NC)c2)no1. The van der Waals surface area contributed by atoms with Crippen LogP contribution in [0.3, 0.4) is 0 Å². The molecule has 1 unspecified atom stereocenters. The smallest absolute Gasteiger partial charge is 0.276 e. The molecule has 7 heteroatoms. The van der Waals surface area contributed by atoms with Gasteiger partial charge in [-0.2, -0.15) is 0 Å². The van der Waals surface area contributed by atoms with Crippen LogP contribution in [0, 0.1) is 0 Å². The molecule has 1 aromatic heterocycles. The quantitative estimate of drug-likeness (QED) is 0.877. The van der Waals surface area contributed by atoms with Gasteiger partial charge in [0.05, 0.1) is 6.04 Å². The van der Waals surface area contributed by atoms with Crippen LogP contribution in [-0.2, 0) is 6.42 Å². The molecule has 1 saturated heterocycles. The lowest BCUT2D eigenvalue weighted by Crippen LogP contribution is -2.48. The van der Waals surface area contributed by atoms with E-state index in [-0.39, 0.29) is 17.9 Å². The first-order chi connectivity index (χ1) is 12.1. The monoisotopic (exact) mass is 342 g/mol. The summed E-state index contributed by atoms with van der Waals surface area (Å²) in [4.78, 5) is 26.6. The second kappa shape index (κ2) is 7.48. The number of benzene rings is 1. The van der Waals surface area contributed by atoms with E-state index < -0.39 is 0 Å². The van der Waals surface area contributed by atoms with Gasteiger partial charge in [0.25, 0.3) is 11.8 Å². The second-order valence-corrected chi connectivity index (χ2v) is 5.96. The van der Waals surface area contributed by atoms with Gasteiger partial charge in [-0.05, 0) is 17.7 Å². The molecule has 1 aromatic carbocycles. The summed E-state index contributed by atoms with van der Waals surface area (Å²) in [5.74, 6) is 0.393. The summed E-state index contributed by atoms with van der Waals surface area (Å²) in [6.07, 6.45) is 0.694. The van der Waals surface area contributed by atoms with Gasteiger partial charge in [-0.1, -0.05) is 24.2 Å². The largest absolute Gasteiger partial charge is 0.361 e. The molecule has 1 aliphatic heterocycles. The molecule has 1 aliphatic rings. The molecular formula is C18H22N4O3. The zero-order chi connectivity index (χ0) is 17.8. The van der Waals surface area contributed by atoms with Gasteiger partial charge in [0.1, 0.15) is 5.76 Å². The Morgan fingerprint density at radius 1 is 1.40 bits per heavy atom. The Kier molecular flexibility index (Phi) is 5.14. The minimum absolute atomic E-state index is 0.146. The van der Waals surface area contributed by atoms with Crippen molar-refractivity contribution in [3.63, 3.8) is 0 Å². The van der Waals surface area contributed by atoms with Gasteiger partial charge in [0, 0.05) is 44.7 Å². The van der Waals surface area contributed by atoms with Gasteiger partial charge in [-0.15, -0.1) is 0 Å². The zero-order valence-corrected chi connectivity index (χ0v) is 14.4. The molecule has 2 amide bonds. The Morgan fingerprint density at radius 3 is 2.96 bits per heavy atom. The van der Waals surface area contributed by atoms with Crippen LogP contribution in [0.15, 0.2) is 34.9 Å². The third kappa shape index (κ3) is 3.56. The minimum Gasteiger partial charge on any atom is -0.361 e. The lowest BCUT2D eigenvalue weighted by Gasteiger charge is -2.36. The van der Waals surface area contributed by atoms with Crippen LogP contribution >= 0.6 is 0 Å². The highest BCUT2D eigenvalue weighted by atomic mass is 16.5. The molecular weight excluding hydrogens is 320 g/mol. The number of piperazine rings is 1. The number of aryl methyl sites for hydroxylation is 1. The number of nitrogens with one attached hydrogen (secondary N) is 2. The van der Waals surface area contributed by atoms with Crippen molar-refractivity contribution in [3.05, 3.63) is 52.9 Å². The summed E-state index contributed by atoms with van der Waals surface area (Å²) in [6.45, 7) is 3.87. The number of aromatic nitrogens is 1. The highest BCUT2D eigenvalue weighted by Gasteiger charge is 2.30. The summed E-state index contributed by atoms with van der Waals surface area (Å²) < 4.78 is 5.17. The van der Waals surface area contributed by atoms with Gasteiger partial charge in [0.15, 0.2) is 5.69 Å². The Morgan fingerprint density at radius 2 is 2.24 bits per heavy atom. The molecule has 1 atom stereocenters. The maximum Gasteiger partial charge on any atom is 0.276 e. The fraction of sp³-hybridized carbons (Fsp3) is 0.389. The zero-order valence-electron chi connectivity index (χ0n) is 14.4. The molecule has 3 rings (SSSR count). The van der Waals surface area contributed by atoms with E-state index in [0.29, 0.717) is 36.5 Å². The van der Waals surface area contributed by atoms with Crippen LogP contribution in [0.5, 0.6) is 0 Å². The fourth-order valence-electron chi connectivity index (χ4n) is 3.00. The highest BCUT2D eigenvalue weighted by molar-refractivity contribution is 5.94. The van der Waals surface area contributed by atoms with E-state index in [1.807, 2.05) is 25.1 Å². The Balaban J connectivity index is 1.88. The molecule has 7 nitrogen and oxygen atoms in total. The van der Waals surface area contributed by atoms with Gasteiger partial charge >= 0.3 is 0 Å². The Bertz CT molecular complexity index is 771. The van der Waals surface area contributed by atoms with Crippen molar-refractivity contribution in [2.75, 3.05) is 26.7 Å². The van der Waals surface area contributed by atoms with Crippen LogP contribution in [-0.4, -0.2) is 48.6 Å². The van der Waals surface area contributed by atoms with Crippen molar-refractivity contribution < 1.29 is 14.1 Å². The molecule has 2 N–H and O–H groups in total. The number of carbonyl (C=O) groups is 2. The third-order valence-corrected chi connectivity index (χ3v) is 4.39. The average molecular weight is 342 g/mol. The van der Waals surface area contributed by atoms with Crippen LogP contribution < -0.4 is 10.6 Å². The van der Waals surface area contributed by atoms with Gasteiger partial charge in [-0.25, -0.2) is 0 Å². The summed E-state index contributed by atoms with van der Waals surface area (Å²) in [5.41, 5.74) is 1.82. The van der Waals surface area contributed by atoms with Crippen molar-refractivity contribution in [1.29, 1.82) is 0 Å². The summed E-state index contributed by atoms with van der Waals surface area (Å²) in [6, 6.07) is 8.90. The molecule has 2 aromatic rings. The van der Waals surface area contributed by atoms with Crippen LogP contribution in [0.2, 0.25) is 0 Å². The predicted molar refractivity (Wildman–Crippen MR) is 92.4 cm³/mol. The standard InChI is InChI=1S/C18H22N4O3/c1-3-14-10-15(21-25-14)18(24)22-8-7-20-11-16(22)12-5-4-6-13(9-12)17(23)19-2/h4-6,9-10,16,20H,3,7-8,11H2,1-2H3,(H,19,23). The first kappa shape index (κ1) is 17.2. The van der Waals surface area contributed by atoms with Crippen LogP contribution in [0.25, 0.3) is 0 Å². The van der Waals surface area contributed by atoms with Gasteiger partial charge in [0.2, 0.25) is 0 Å². The first-order valence-corrected chi connectivity index (χ1v) is 8.43. The topological polar surface area (TPSA) is 87.5 Å². The molecule has 132 valence electrons. The molecule has 0 aliphatic carbocycles.